The fourth-order valence-corrected chi connectivity index (χ4v) is 2.20. The zero-order valence-corrected chi connectivity index (χ0v) is 10.6. The summed E-state index contributed by atoms with van der Waals surface area (Å²) in [5, 5.41) is 10.6. The average molecular weight is 276 g/mol. The van der Waals surface area contributed by atoms with E-state index >= 15 is 0 Å². The number of halogens is 1. The molecule has 0 unspecified atom stereocenters. The first kappa shape index (κ1) is 11.9. The molecule has 0 atom stereocenters. The van der Waals surface area contributed by atoms with Gasteiger partial charge in [0.15, 0.2) is 0 Å². The number of fused-ring (bicyclic) bond motifs is 1. The van der Waals surface area contributed by atoms with Crippen LogP contribution in [0, 0.1) is 0 Å². The molecular weight excluding hydrogens is 266 g/mol. The number of carbonyl (C=O) groups is 1. The molecular formula is C14H10ClNO3. The normalized spacial score (nSPS) is 11.0. The molecule has 3 rings (SSSR count). The number of nitrogens with zero attached hydrogens (tertiary/aromatic N) is 1. The Morgan fingerprint density at radius 1 is 1.32 bits per heavy atom. The predicted octanol–water partition coefficient (Wildman–Crippen LogP) is 3.63. The van der Waals surface area contributed by atoms with Gasteiger partial charge in [0.1, 0.15) is 12.0 Å². The minimum atomic E-state index is -0.990. The number of aromatic nitrogens is 1. The summed E-state index contributed by atoms with van der Waals surface area (Å²) >= 11 is 5.98. The van der Waals surface area contributed by atoms with Crippen LogP contribution in [0.25, 0.3) is 10.9 Å². The van der Waals surface area contributed by atoms with Crippen LogP contribution in [0.5, 0.6) is 0 Å². The molecule has 1 N–H and O–H groups in total. The molecule has 0 saturated carbocycles. The number of hydrogen-bond acceptors (Lipinski definition) is 2. The molecule has 0 fully saturated rings. The molecule has 0 radical (unpaired) electrons. The second-order valence-corrected chi connectivity index (χ2v) is 4.69. The van der Waals surface area contributed by atoms with Crippen molar-refractivity contribution in [2.24, 2.45) is 0 Å². The highest BCUT2D eigenvalue weighted by Gasteiger charge is 2.09. The summed E-state index contributed by atoms with van der Waals surface area (Å²) in [6, 6.07) is 9.16. The molecule has 2 heterocycles. The van der Waals surface area contributed by atoms with Gasteiger partial charge < -0.3 is 14.1 Å². The Balaban J connectivity index is 1.96. The third-order valence-electron chi connectivity index (χ3n) is 2.96. The second kappa shape index (κ2) is 4.48. The average Bonchev–Trinajstić information content (AvgIpc) is 2.98. The molecule has 2 aromatic heterocycles. The monoisotopic (exact) mass is 275 g/mol. The lowest BCUT2D eigenvalue weighted by Crippen LogP contribution is -1.97. The van der Waals surface area contributed by atoms with Gasteiger partial charge in [-0.15, -0.1) is 0 Å². The largest absolute Gasteiger partial charge is 0.478 e. The zero-order valence-electron chi connectivity index (χ0n) is 9.84. The van der Waals surface area contributed by atoms with E-state index in [1.165, 1.54) is 12.3 Å². The number of carboxylic acid groups (broad SMARTS) is 1. The fraction of sp³-hybridized carbons (Fsp3) is 0.0714. The molecule has 0 amide bonds. The number of hydrogen-bond donors (Lipinski definition) is 1. The molecule has 19 heavy (non-hydrogen) atoms. The van der Waals surface area contributed by atoms with Crippen molar-refractivity contribution in [1.29, 1.82) is 0 Å². The SMILES string of the molecule is O=C(O)c1coc(Cn2ccc3ccc(Cl)cc32)c1. The van der Waals surface area contributed by atoms with Crippen LogP contribution in [-0.2, 0) is 6.54 Å². The Morgan fingerprint density at radius 3 is 2.89 bits per heavy atom. The summed E-state index contributed by atoms with van der Waals surface area (Å²) in [5.41, 5.74) is 1.14. The predicted molar refractivity (Wildman–Crippen MR) is 71.7 cm³/mol. The van der Waals surface area contributed by atoms with Crippen LogP contribution in [0.2, 0.25) is 5.02 Å². The molecule has 0 spiro atoms. The standard InChI is InChI=1S/C14H10ClNO3/c15-11-2-1-9-3-4-16(13(9)6-11)7-12-5-10(8-19-12)14(17)18/h1-6,8H,7H2,(H,17,18). The van der Waals surface area contributed by atoms with Crippen molar-refractivity contribution in [2.45, 2.75) is 6.54 Å². The summed E-state index contributed by atoms with van der Waals surface area (Å²) in [7, 11) is 0. The molecule has 3 aromatic rings. The highest BCUT2D eigenvalue weighted by atomic mass is 35.5. The number of benzene rings is 1. The molecule has 0 saturated heterocycles. The molecule has 96 valence electrons. The van der Waals surface area contributed by atoms with E-state index in [-0.39, 0.29) is 5.56 Å². The van der Waals surface area contributed by atoms with Crippen molar-refractivity contribution in [3.8, 4) is 0 Å². The summed E-state index contributed by atoms with van der Waals surface area (Å²) in [4.78, 5) is 10.8. The molecule has 0 aliphatic heterocycles. The highest BCUT2D eigenvalue weighted by Crippen LogP contribution is 2.22. The van der Waals surface area contributed by atoms with E-state index in [0.29, 0.717) is 17.3 Å². The zero-order chi connectivity index (χ0) is 13.4. The van der Waals surface area contributed by atoms with Crippen LogP contribution in [0.1, 0.15) is 16.1 Å². The third-order valence-corrected chi connectivity index (χ3v) is 3.20. The molecule has 4 nitrogen and oxygen atoms in total. The summed E-state index contributed by atoms with van der Waals surface area (Å²) in [5.74, 6) is -0.398. The van der Waals surface area contributed by atoms with E-state index in [1.54, 1.807) is 0 Å². The van der Waals surface area contributed by atoms with Crippen molar-refractivity contribution >= 4 is 28.5 Å². The van der Waals surface area contributed by atoms with Gasteiger partial charge in [-0.3, -0.25) is 0 Å². The molecule has 5 heteroatoms. The Morgan fingerprint density at radius 2 is 2.16 bits per heavy atom. The summed E-state index contributed by atoms with van der Waals surface area (Å²) < 4.78 is 7.21. The number of carboxylic acids is 1. The lowest BCUT2D eigenvalue weighted by molar-refractivity contribution is 0.0696. The molecule has 0 bridgehead atoms. The number of rotatable bonds is 3. The van der Waals surface area contributed by atoms with Crippen LogP contribution >= 0.6 is 11.6 Å². The Hall–Kier alpha value is -2.20. The fourth-order valence-electron chi connectivity index (χ4n) is 2.04. The van der Waals surface area contributed by atoms with E-state index < -0.39 is 5.97 Å². The van der Waals surface area contributed by atoms with Crippen molar-refractivity contribution in [1.82, 2.24) is 4.57 Å². The van der Waals surface area contributed by atoms with Gasteiger partial charge in [-0.2, -0.15) is 0 Å². The van der Waals surface area contributed by atoms with Crippen molar-refractivity contribution < 1.29 is 14.3 Å². The first-order valence-electron chi connectivity index (χ1n) is 5.68. The van der Waals surface area contributed by atoms with Crippen LogP contribution in [-0.4, -0.2) is 15.6 Å². The Kier molecular flexibility index (Phi) is 2.80. The minimum Gasteiger partial charge on any atom is -0.478 e. The maximum atomic E-state index is 10.8. The van der Waals surface area contributed by atoms with Gasteiger partial charge in [0.2, 0.25) is 0 Å². The van der Waals surface area contributed by atoms with Crippen molar-refractivity contribution in [2.75, 3.05) is 0 Å². The highest BCUT2D eigenvalue weighted by molar-refractivity contribution is 6.31. The Bertz CT molecular complexity index is 757. The Labute approximate surface area is 113 Å². The maximum absolute atomic E-state index is 10.8. The second-order valence-electron chi connectivity index (χ2n) is 4.25. The first-order chi connectivity index (χ1) is 9.13. The van der Waals surface area contributed by atoms with Crippen LogP contribution in [0.15, 0.2) is 47.2 Å². The summed E-state index contributed by atoms with van der Waals surface area (Å²) in [6.07, 6.45) is 3.17. The number of aromatic carboxylic acids is 1. The van der Waals surface area contributed by atoms with Gasteiger partial charge in [-0.05, 0) is 29.7 Å². The molecule has 0 aliphatic carbocycles. The third kappa shape index (κ3) is 2.22. The van der Waals surface area contributed by atoms with Crippen LogP contribution < -0.4 is 0 Å². The van der Waals surface area contributed by atoms with Gasteiger partial charge in [0, 0.05) is 16.7 Å². The van der Waals surface area contributed by atoms with Gasteiger partial charge in [-0.25, -0.2) is 4.79 Å². The van der Waals surface area contributed by atoms with E-state index in [9.17, 15) is 4.79 Å². The van der Waals surface area contributed by atoms with E-state index in [0.717, 1.165) is 10.9 Å². The first-order valence-corrected chi connectivity index (χ1v) is 6.06. The maximum Gasteiger partial charge on any atom is 0.338 e. The quantitative estimate of drug-likeness (QED) is 0.794. The van der Waals surface area contributed by atoms with Crippen LogP contribution in [0.4, 0.5) is 0 Å². The van der Waals surface area contributed by atoms with Crippen molar-refractivity contribution in [3.05, 3.63) is 59.1 Å². The van der Waals surface area contributed by atoms with Gasteiger partial charge in [-0.1, -0.05) is 17.7 Å². The van der Waals surface area contributed by atoms with Gasteiger partial charge in [0.25, 0.3) is 0 Å². The van der Waals surface area contributed by atoms with Crippen LogP contribution in [0.3, 0.4) is 0 Å². The van der Waals surface area contributed by atoms with E-state index in [4.69, 9.17) is 21.1 Å². The van der Waals surface area contributed by atoms with Gasteiger partial charge in [0.05, 0.1) is 12.1 Å². The minimum absolute atomic E-state index is 0.157. The smallest absolute Gasteiger partial charge is 0.338 e. The molecule has 0 aliphatic rings. The summed E-state index contributed by atoms with van der Waals surface area (Å²) in [6.45, 7) is 0.469. The topological polar surface area (TPSA) is 55.4 Å². The van der Waals surface area contributed by atoms with E-state index in [2.05, 4.69) is 0 Å². The number of furan rings is 1. The lowest BCUT2D eigenvalue weighted by Gasteiger charge is -2.02. The van der Waals surface area contributed by atoms with Crippen molar-refractivity contribution in [3.63, 3.8) is 0 Å². The van der Waals surface area contributed by atoms with Gasteiger partial charge >= 0.3 is 5.97 Å². The van der Waals surface area contributed by atoms with E-state index in [1.807, 2.05) is 35.0 Å². The lowest BCUT2D eigenvalue weighted by atomic mass is 10.2. The molecule has 1 aromatic carbocycles.